The molecular formula is C21H13F2N3O. The van der Waals surface area contributed by atoms with Crippen LogP contribution in [0.25, 0.3) is 22.0 Å². The molecule has 5 rings (SSSR count). The number of rotatable bonds is 2. The van der Waals surface area contributed by atoms with E-state index in [1.54, 1.807) is 23.1 Å². The Bertz CT molecular complexity index is 1190. The number of halogens is 2. The number of benzene rings is 2. The summed E-state index contributed by atoms with van der Waals surface area (Å²) in [5, 5.41) is 0.587. The lowest BCUT2D eigenvalue weighted by Crippen LogP contribution is -2.24. The molecule has 0 unspecified atom stereocenters. The maximum absolute atomic E-state index is 13.7. The van der Waals surface area contributed by atoms with Crippen LogP contribution in [0.5, 0.6) is 0 Å². The minimum atomic E-state index is -0.666. The number of allylic oxidation sites excluding steroid dienone is 3. The molecule has 0 spiro atoms. The standard InChI is InChI=1S/C21H13F2N3O/c22-12-7-11(8-13(23)9-12)15-5-2-6-16-19(24)18-17(25-20(15)16)10-26(21(18)27)14-3-1-4-14/h1-9H,10H2,(H2,24,25). The Balaban J connectivity index is 1.73. The van der Waals surface area contributed by atoms with Crippen molar-refractivity contribution in [3.8, 4) is 11.1 Å². The third-order valence-electron chi connectivity index (χ3n) is 4.92. The molecule has 1 aromatic heterocycles. The number of nitrogen functional groups attached to an aromatic ring is 1. The zero-order valence-corrected chi connectivity index (χ0v) is 14.0. The van der Waals surface area contributed by atoms with E-state index in [0.717, 1.165) is 11.8 Å². The molecule has 1 aliphatic heterocycles. The highest BCUT2D eigenvalue weighted by atomic mass is 19.1. The van der Waals surface area contributed by atoms with Crippen molar-refractivity contribution >= 4 is 22.5 Å². The summed E-state index contributed by atoms with van der Waals surface area (Å²) in [6.07, 6.45) is 5.55. The van der Waals surface area contributed by atoms with Crippen molar-refractivity contribution < 1.29 is 13.6 Å². The van der Waals surface area contributed by atoms with Crippen LogP contribution in [0.3, 0.4) is 0 Å². The van der Waals surface area contributed by atoms with E-state index >= 15 is 0 Å². The summed E-state index contributed by atoms with van der Waals surface area (Å²) in [6.45, 7) is 0.316. The lowest BCUT2D eigenvalue weighted by Gasteiger charge is -2.19. The molecule has 132 valence electrons. The van der Waals surface area contributed by atoms with Crippen LogP contribution in [0.15, 0.2) is 60.3 Å². The number of amides is 1. The lowest BCUT2D eigenvalue weighted by atomic mass is 9.99. The van der Waals surface area contributed by atoms with Crippen molar-refractivity contribution in [1.82, 2.24) is 9.88 Å². The smallest absolute Gasteiger partial charge is 0.262 e. The van der Waals surface area contributed by atoms with Gasteiger partial charge in [-0.25, -0.2) is 13.8 Å². The summed E-state index contributed by atoms with van der Waals surface area (Å²) in [6, 6.07) is 8.56. The van der Waals surface area contributed by atoms with Gasteiger partial charge in [-0.1, -0.05) is 24.3 Å². The first-order valence-electron chi connectivity index (χ1n) is 8.41. The molecule has 1 aliphatic carbocycles. The molecule has 2 aromatic carbocycles. The first-order valence-corrected chi connectivity index (χ1v) is 8.41. The molecule has 1 amide bonds. The van der Waals surface area contributed by atoms with Crippen molar-refractivity contribution in [3.05, 3.63) is 83.2 Å². The highest BCUT2D eigenvalue weighted by molar-refractivity contribution is 6.12. The van der Waals surface area contributed by atoms with Crippen LogP contribution in [0.2, 0.25) is 0 Å². The van der Waals surface area contributed by atoms with Crippen molar-refractivity contribution in [3.63, 3.8) is 0 Å². The predicted molar refractivity (Wildman–Crippen MR) is 98.6 cm³/mol. The van der Waals surface area contributed by atoms with Gasteiger partial charge in [0.15, 0.2) is 0 Å². The molecule has 0 radical (unpaired) electrons. The molecular weight excluding hydrogens is 348 g/mol. The number of para-hydroxylation sites is 1. The van der Waals surface area contributed by atoms with Crippen LogP contribution in [0.4, 0.5) is 14.5 Å². The summed E-state index contributed by atoms with van der Waals surface area (Å²) in [5.74, 6) is -1.52. The second-order valence-electron chi connectivity index (χ2n) is 6.55. The van der Waals surface area contributed by atoms with Crippen LogP contribution in [-0.2, 0) is 6.54 Å². The fourth-order valence-corrected chi connectivity index (χ4v) is 3.58. The van der Waals surface area contributed by atoms with E-state index in [1.807, 2.05) is 18.2 Å². The monoisotopic (exact) mass is 361 g/mol. The molecule has 0 saturated heterocycles. The molecule has 6 heteroatoms. The number of anilines is 1. The van der Waals surface area contributed by atoms with Gasteiger partial charge in [0, 0.05) is 22.7 Å². The number of hydrogen-bond acceptors (Lipinski definition) is 3. The van der Waals surface area contributed by atoms with E-state index < -0.39 is 11.6 Å². The number of hydrogen-bond donors (Lipinski definition) is 1. The number of carbonyl (C=O) groups excluding carboxylic acids is 1. The molecule has 0 fully saturated rings. The Hall–Kier alpha value is -3.54. The first-order chi connectivity index (χ1) is 13.0. The molecule has 3 aromatic rings. The maximum Gasteiger partial charge on any atom is 0.262 e. The van der Waals surface area contributed by atoms with Gasteiger partial charge < -0.3 is 10.6 Å². The third-order valence-corrected chi connectivity index (χ3v) is 4.92. The molecule has 2 heterocycles. The van der Waals surface area contributed by atoms with Crippen LogP contribution in [0, 0.1) is 11.6 Å². The molecule has 4 nitrogen and oxygen atoms in total. The summed E-state index contributed by atoms with van der Waals surface area (Å²) in [4.78, 5) is 19.0. The lowest BCUT2D eigenvalue weighted by molar-refractivity contribution is 0.0831. The van der Waals surface area contributed by atoms with Gasteiger partial charge >= 0.3 is 0 Å². The zero-order valence-electron chi connectivity index (χ0n) is 14.0. The SMILES string of the molecule is Nc1c2c(nc3c(-c4cc(F)cc(F)c4)cccc13)CN(C1=CC=C1)C2=O. The minimum Gasteiger partial charge on any atom is -0.397 e. The number of aromatic nitrogens is 1. The van der Waals surface area contributed by atoms with E-state index in [2.05, 4.69) is 4.98 Å². The van der Waals surface area contributed by atoms with E-state index in [9.17, 15) is 13.6 Å². The van der Waals surface area contributed by atoms with Gasteiger partial charge in [-0.15, -0.1) is 0 Å². The zero-order chi connectivity index (χ0) is 18.7. The molecule has 27 heavy (non-hydrogen) atoms. The second-order valence-corrected chi connectivity index (χ2v) is 6.55. The summed E-state index contributed by atoms with van der Waals surface area (Å²) in [7, 11) is 0. The Kier molecular flexibility index (Phi) is 3.18. The largest absolute Gasteiger partial charge is 0.397 e. The van der Waals surface area contributed by atoms with Gasteiger partial charge in [0.1, 0.15) is 11.6 Å². The first kappa shape index (κ1) is 15.7. The fourth-order valence-electron chi connectivity index (χ4n) is 3.58. The van der Waals surface area contributed by atoms with Gasteiger partial charge in [-0.05, 0) is 29.8 Å². The number of nitrogens with two attached hydrogens (primary N) is 1. The molecule has 0 atom stereocenters. The Labute approximate surface area is 153 Å². The Morgan fingerprint density at radius 1 is 1.11 bits per heavy atom. The van der Waals surface area contributed by atoms with Crippen molar-refractivity contribution in [2.75, 3.05) is 5.73 Å². The van der Waals surface area contributed by atoms with E-state index in [1.165, 1.54) is 12.1 Å². The third kappa shape index (κ3) is 2.26. The maximum atomic E-state index is 13.7. The molecule has 2 N–H and O–H groups in total. The van der Waals surface area contributed by atoms with Crippen molar-refractivity contribution in [2.24, 2.45) is 0 Å². The number of fused-ring (bicyclic) bond motifs is 2. The fraction of sp³-hybridized carbons (Fsp3) is 0.0476. The van der Waals surface area contributed by atoms with Gasteiger partial charge in [0.2, 0.25) is 0 Å². The molecule has 0 saturated carbocycles. The van der Waals surface area contributed by atoms with Crippen LogP contribution >= 0.6 is 0 Å². The topological polar surface area (TPSA) is 59.2 Å². The predicted octanol–water partition coefficient (Wildman–Crippen LogP) is 4.17. The van der Waals surface area contributed by atoms with Crippen molar-refractivity contribution in [2.45, 2.75) is 6.54 Å². The normalized spacial score (nSPS) is 15.1. The van der Waals surface area contributed by atoms with Crippen LogP contribution in [-0.4, -0.2) is 15.8 Å². The van der Waals surface area contributed by atoms with Gasteiger partial charge in [0.05, 0.1) is 29.0 Å². The average molecular weight is 361 g/mol. The number of carbonyl (C=O) groups is 1. The summed E-state index contributed by atoms with van der Waals surface area (Å²) < 4.78 is 27.4. The van der Waals surface area contributed by atoms with E-state index in [-0.39, 0.29) is 5.91 Å². The van der Waals surface area contributed by atoms with Crippen molar-refractivity contribution in [1.29, 1.82) is 0 Å². The highest BCUT2D eigenvalue weighted by Gasteiger charge is 2.34. The summed E-state index contributed by atoms with van der Waals surface area (Å²) in [5.41, 5.74) is 9.88. The number of pyridine rings is 1. The van der Waals surface area contributed by atoms with E-state index in [0.29, 0.717) is 45.5 Å². The molecule has 2 aliphatic rings. The number of nitrogens with zero attached hydrogens (tertiary/aromatic N) is 2. The quantitative estimate of drug-likeness (QED) is 0.745. The minimum absolute atomic E-state index is 0.185. The highest BCUT2D eigenvalue weighted by Crippen LogP contribution is 2.38. The Morgan fingerprint density at radius 2 is 1.85 bits per heavy atom. The van der Waals surface area contributed by atoms with Gasteiger partial charge in [-0.2, -0.15) is 0 Å². The van der Waals surface area contributed by atoms with E-state index in [4.69, 9.17) is 5.73 Å². The average Bonchev–Trinajstić information content (AvgIpc) is 2.89. The van der Waals surface area contributed by atoms with Gasteiger partial charge in [0.25, 0.3) is 5.91 Å². The Morgan fingerprint density at radius 3 is 2.52 bits per heavy atom. The van der Waals surface area contributed by atoms with Crippen LogP contribution in [0.1, 0.15) is 16.1 Å². The summed E-state index contributed by atoms with van der Waals surface area (Å²) >= 11 is 0. The van der Waals surface area contributed by atoms with Crippen LogP contribution < -0.4 is 5.73 Å². The van der Waals surface area contributed by atoms with Gasteiger partial charge in [-0.3, -0.25) is 4.79 Å². The molecule has 0 bridgehead atoms. The second kappa shape index (κ2) is 5.48.